The summed E-state index contributed by atoms with van der Waals surface area (Å²) in [5, 5.41) is 20.0. The minimum absolute atomic E-state index is 0.252. The fraction of sp³-hybridized carbons (Fsp3) is 0. The molecule has 0 atom stereocenters. The number of rotatable bonds is 2. The van der Waals surface area contributed by atoms with Crippen LogP contribution >= 0.6 is 15.9 Å². The summed E-state index contributed by atoms with van der Waals surface area (Å²) in [5.74, 6) is 0.252. The van der Waals surface area contributed by atoms with Gasteiger partial charge in [-0.3, -0.25) is 0 Å². The second-order valence-electron chi connectivity index (χ2n) is 4.33. The molecule has 0 amide bonds. The highest BCUT2D eigenvalue weighted by Crippen LogP contribution is 2.33. The normalized spacial score (nSPS) is 11.2. The molecule has 0 heterocycles. The Morgan fingerprint density at radius 3 is 2.40 bits per heavy atom. The molecule has 4 heteroatoms. The molecule has 0 saturated heterocycles. The van der Waals surface area contributed by atoms with Crippen LogP contribution in [-0.2, 0) is 0 Å². The number of fused-ring (bicyclic) bond motifs is 1. The van der Waals surface area contributed by atoms with Gasteiger partial charge in [-0.15, -0.1) is 5.11 Å². The van der Waals surface area contributed by atoms with Crippen LogP contribution in [0.4, 0.5) is 11.4 Å². The minimum atomic E-state index is 0.252. The average Bonchev–Trinajstić information content (AvgIpc) is 2.47. The molecule has 3 aromatic carbocycles. The van der Waals surface area contributed by atoms with Crippen LogP contribution in [0.3, 0.4) is 0 Å². The summed E-state index contributed by atoms with van der Waals surface area (Å²) in [6.07, 6.45) is 0. The van der Waals surface area contributed by atoms with Gasteiger partial charge in [-0.25, -0.2) is 0 Å². The van der Waals surface area contributed by atoms with Gasteiger partial charge >= 0.3 is 0 Å². The standard InChI is InChI=1S/C16H11BrN2O/c17-11-4-3-5-12(10-11)18-19-15-8-9-16(20)14-7-2-1-6-13(14)15/h1-10,20H. The topological polar surface area (TPSA) is 45.0 Å². The van der Waals surface area contributed by atoms with Gasteiger partial charge in [0.1, 0.15) is 5.75 Å². The Labute approximate surface area is 124 Å². The largest absolute Gasteiger partial charge is 0.507 e. The summed E-state index contributed by atoms with van der Waals surface area (Å²) in [7, 11) is 0. The number of halogens is 1. The molecule has 3 rings (SSSR count). The van der Waals surface area contributed by atoms with Crippen LogP contribution in [0.15, 0.2) is 75.4 Å². The van der Waals surface area contributed by atoms with Crippen molar-refractivity contribution in [1.82, 2.24) is 0 Å². The van der Waals surface area contributed by atoms with E-state index in [1.54, 1.807) is 12.1 Å². The first-order valence-corrected chi connectivity index (χ1v) is 6.91. The number of hydrogen-bond acceptors (Lipinski definition) is 3. The zero-order valence-electron chi connectivity index (χ0n) is 10.5. The maximum atomic E-state index is 9.84. The molecule has 0 aliphatic rings. The van der Waals surface area contributed by atoms with Crippen LogP contribution < -0.4 is 0 Å². The fourth-order valence-corrected chi connectivity index (χ4v) is 2.39. The van der Waals surface area contributed by atoms with E-state index in [4.69, 9.17) is 0 Å². The molecule has 0 saturated carbocycles. The molecule has 3 aromatic rings. The van der Waals surface area contributed by atoms with Gasteiger partial charge in [0, 0.05) is 15.2 Å². The van der Waals surface area contributed by atoms with Crippen LogP contribution in [0.5, 0.6) is 5.75 Å². The van der Waals surface area contributed by atoms with Crippen molar-refractivity contribution in [3.05, 3.63) is 65.1 Å². The zero-order chi connectivity index (χ0) is 13.9. The van der Waals surface area contributed by atoms with Gasteiger partial charge in [0.05, 0.1) is 11.4 Å². The monoisotopic (exact) mass is 326 g/mol. The van der Waals surface area contributed by atoms with Crippen molar-refractivity contribution in [3.63, 3.8) is 0 Å². The quantitative estimate of drug-likeness (QED) is 0.601. The first kappa shape index (κ1) is 12.8. The number of azo groups is 1. The van der Waals surface area contributed by atoms with E-state index in [0.29, 0.717) is 0 Å². The Hall–Kier alpha value is -2.20. The third kappa shape index (κ3) is 2.56. The summed E-state index contributed by atoms with van der Waals surface area (Å²) in [4.78, 5) is 0. The first-order valence-electron chi connectivity index (χ1n) is 6.12. The maximum absolute atomic E-state index is 9.84. The molecule has 0 bridgehead atoms. The van der Waals surface area contributed by atoms with E-state index in [-0.39, 0.29) is 5.75 Å². The van der Waals surface area contributed by atoms with Crippen molar-refractivity contribution in [2.24, 2.45) is 10.2 Å². The number of aromatic hydroxyl groups is 1. The summed E-state index contributed by atoms with van der Waals surface area (Å²) in [6.45, 7) is 0. The number of hydrogen-bond donors (Lipinski definition) is 1. The highest BCUT2D eigenvalue weighted by Gasteiger charge is 2.03. The molecule has 20 heavy (non-hydrogen) atoms. The first-order chi connectivity index (χ1) is 9.74. The summed E-state index contributed by atoms with van der Waals surface area (Å²) in [5.41, 5.74) is 1.51. The lowest BCUT2D eigenvalue weighted by Gasteiger charge is -2.03. The van der Waals surface area contributed by atoms with Crippen molar-refractivity contribution >= 4 is 38.1 Å². The van der Waals surface area contributed by atoms with E-state index in [1.807, 2.05) is 48.5 Å². The van der Waals surface area contributed by atoms with Gasteiger partial charge in [0.15, 0.2) is 0 Å². The van der Waals surface area contributed by atoms with Gasteiger partial charge in [0.25, 0.3) is 0 Å². The van der Waals surface area contributed by atoms with E-state index in [0.717, 1.165) is 26.6 Å². The second-order valence-corrected chi connectivity index (χ2v) is 5.24. The number of nitrogens with zero attached hydrogens (tertiary/aromatic N) is 2. The van der Waals surface area contributed by atoms with Crippen LogP contribution in [0.2, 0.25) is 0 Å². The smallest absolute Gasteiger partial charge is 0.123 e. The van der Waals surface area contributed by atoms with Crippen LogP contribution in [0.1, 0.15) is 0 Å². The maximum Gasteiger partial charge on any atom is 0.123 e. The molecular formula is C16H11BrN2O. The Kier molecular flexibility index (Phi) is 3.48. The third-order valence-electron chi connectivity index (χ3n) is 2.96. The SMILES string of the molecule is Oc1ccc(N=Nc2cccc(Br)c2)c2ccccc12. The molecule has 0 aromatic heterocycles. The zero-order valence-corrected chi connectivity index (χ0v) is 12.1. The Bertz CT molecular complexity index is 799. The van der Waals surface area contributed by atoms with E-state index in [1.165, 1.54) is 0 Å². The molecule has 0 radical (unpaired) electrons. The predicted molar refractivity (Wildman–Crippen MR) is 83.9 cm³/mol. The van der Waals surface area contributed by atoms with Crippen LogP contribution in [-0.4, -0.2) is 5.11 Å². The molecule has 3 nitrogen and oxygen atoms in total. The minimum Gasteiger partial charge on any atom is -0.507 e. The molecule has 98 valence electrons. The molecule has 0 unspecified atom stereocenters. The fourth-order valence-electron chi connectivity index (χ4n) is 2.00. The predicted octanol–water partition coefficient (Wildman–Crippen LogP) is 5.72. The van der Waals surface area contributed by atoms with E-state index >= 15 is 0 Å². The van der Waals surface area contributed by atoms with Gasteiger partial charge in [-0.1, -0.05) is 46.3 Å². The Balaban J connectivity index is 2.05. The lowest BCUT2D eigenvalue weighted by molar-refractivity contribution is 0.481. The third-order valence-corrected chi connectivity index (χ3v) is 3.45. The number of phenolic OH excluding ortho intramolecular Hbond substituents is 1. The lowest BCUT2D eigenvalue weighted by atomic mass is 10.1. The summed E-state index contributed by atoms with van der Waals surface area (Å²) in [6, 6.07) is 18.6. The van der Waals surface area contributed by atoms with E-state index < -0.39 is 0 Å². The van der Waals surface area contributed by atoms with E-state index in [2.05, 4.69) is 26.2 Å². The molecule has 0 aliphatic heterocycles. The van der Waals surface area contributed by atoms with Gasteiger partial charge in [0.2, 0.25) is 0 Å². The van der Waals surface area contributed by atoms with Crippen molar-refractivity contribution in [2.75, 3.05) is 0 Å². The van der Waals surface area contributed by atoms with E-state index in [9.17, 15) is 5.11 Å². The Morgan fingerprint density at radius 2 is 1.60 bits per heavy atom. The molecule has 0 spiro atoms. The van der Waals surface area contributed by atoms with Crippen molar-refractivity contribution < 1.29 is 5.11 Å². The summed E-state index contributed by atoms with van der Waals surface area (Å²) >= 11 is 3.40. The van der Waals surface area contributed by atoms with Crippen LogP contribution in [0, 0.1) is 0 Å². The molecule has 0 fully saturated rings. The van der Waals surface area contributed by atoms with Crippen LogP contribution in [0.25, 0.3) is 10.8 Å². The lowest BCUT2D eigenvalue weighted by Crippen LogP contribution is -1.74. The molecule has 0 aliphatic carbocycles. The average molecular weight is 327 g/mol. The summed E-state index contributed by atoms with van der Waals surface area (Å²) < 4.78 is 0.963. The number of phenols is 1. The van der Waals surface area contributed by atoms with Crippen molar-refractivity contribution in [1.29, 1.82) is 0 Å². The Morgan fingerprint density at radius 1 is 0.800 bits per heavy atom. The number of benzene rings is 3. The molecular weight excluding hydrogens is 316 g/mol. The van der Waals surface area contributed by atoms with Crippen molar-refractivity contribution in [2.45, 2.75) is 0 Å². The highest BCUT2D eigenvalue weighted by atomic mass is 79.9. The van der Waals surface area contributed by atoms with Crippen molar-refractivity contribution in [3.8, 4) is 5.75 Å². The molecule has 1 N–H and O–H groups in total. The second kappa shape index (κ2) is 5.43. The van der Waals surface area contributed by atoms with Gasteiger partial charge in [-0.05, 0) is 30.3 Å². The van der Waals surface area contributed by atoms with Gasteiger partial charge < -0.3 is 5.11 Å². The van der Waals surface area contributed by atoms with Gasteiger partial charge in [-0.2, -0.15) is 5.11 Å². The highest BCUT2D eigenvalue weighted by molar-refractivity contribution is 9.10.